The zero-order valence-corrected chi connectivity index (χ0v) is 16.7. The molecule has 0 radical (unpaired) electrons. The molecule has 152 valence electrons. The number of sulfone groups is 1. The van der Waals surface area contributed by atoms with Gasteiger partial charge in [-0.3, -0.25) is 14.4 Å². The molecule has 1 aliphatic carbocycles. The maximum atomic E-state index is 12.7. The molecule has 1 unspecified atom stereocenters. The summed E-state index contributed by atoms with van der Waals surface area (Å²) in [5.74, 6) is 0.118. The molecule has 0 aromatic carbocycles. The van der Waals surface area contributed by atoms with Crippen LogP contribution in [0.25, 0.3) is 0 Å². The topological polar surface area (TPSA) is 104 Å². The Hall–Kier alpha value is -1.64. The first-order valence-electron chi connectivity index (χ1n) is 9.80. The molecule has 1 saturated carbocycles. The Morgan fingerprint density at radius 2 is 1.41 bits per heavy atom. The van der Waals surface area contributed by atoms with Gasteiger partial charge in [-0.15, -0.1) is 0 Å². The highest BCUT2D eigenvalue weighted by atomic mass is 32.2. The number of nitrogens with one attached hydrogen (secondary N) is 1. The maximum absolute atomic E-state index is 12.7. The molecule has 1 N–H and O–H groups in total. The van der Waals surface area contributed by atoms with Crippen LogP contribution in [0, 0.1) is 11.8 Å². The molecule has 0 bridgehead atoms. The predicted octanol–water partition coefficient (Wildman–Crippen LogP) is -0.213. The van der Waals surface area contributed by atoms with E-state index >= 15 is 0 Å². The SMILES string of the molecule is CC(=O)N1CCN(C(=O)C2CCC(C(=O)NC3CCS(=O)(=O)C3)CC2)CC1. The molecule has 2 saturated heterocycles. The normalized spacial score (nSPS) is 30.8. The average molecular weight is 400 g/mol. The Kier molecular flexibility index (Phi) is 6.08. The van der Waals surface area contributed by atoms with Gasteiger partial charge in [0.2, 0.25) is 17.7 Å². The van der Waals surface area contributed by atoms with E-state index in [9.17, 15) is 22.8 Å². The van der Waals surface area contributed by atoms with Gasteiger partial charge in [-0.2, -0.15) is 0 Å². The summed E-state index contributed by atoms with van der Waals surface area (Å²) in [5.41, 5.74) is 0. The van der Waals surface area contributed by atoms with E-state index in [2.05, 4.69) is 5.32 Å². The number of carbonyl (C=O) groups excluding carboxylic acids is 3. The summed E-state index contributed by atoms with van der Waals surface area (Å²) >= 11 is 0. The fourth-order valence-electron chi connectivity index (χ4n) is 4.33. The van der Waals surface area contributed by atoms with E-state index < -0.39 is 9.84 Å². The van der Waals surface area contributed by atoms with E-state index in [1.165, 1.54) is 0 Å². The minimum atomic E-state index is -3.00. The zero-order valence-electron chi connectivity index (χ0n) is 15.9. The second-order valence-electron chi connectivity index (χ2n) is 7.99. The van der Waals surface area contributed by atoms with Crippen LogP contribution in [0.1, 0.15) is 39.0 Å². The van der Waals surface area contributed by atoms with Gasteiger partial charge >= 0.3 is 0 Å². The van der Waals surface area contributed by atoms with E-state index in [4.69, 9.17) is 0 Å². The molecule has 0 aromatic heterocycles. The molecule has 8 nitrogen and oxygen atoms in total. The summed E-state index contributed by atoms with van der Waals surface area (Å²) in [4.78, 5) is 40.1. The van der Waals surface area contributed by atoms with Gasteiger partial charge in [0.25, 0.3) is 0 Å². The third-order valence-corrected chi connectivity index (χ3v) is 7.83. The molecule has 0 aromatic rings. The van der Waals surface area contributed by atoms with Crippen LogP contribution in [0.5, 0.6) is 0 Å². The Labute approximate surface area is 160 Å². The molecule has 2 heterocycles. The van der Waals surface area contributed by atoms with Crippen molar-refractivity contribution in [2.24, 2.45) is 11.8 Å². The van der Waals surface area contributed by atoms with Gasteiger partial charge in [0, 0.05) is 51.0 Å². The van der Waals surface area contributed by atoms with Crippen molar-refractivity contribution in [1.82, 2.24) is 15.1 Å². The number of rotatable bonds is 3. The molecule has 1 atom stereocenters. The Morgan fingerprint density at radius 1 is 0.852 bits per heavy atom. The first kappa shape index (κ1) is 20.1. The number of carbonyl (C=O) groups is 3. The Bertz CT molecular complexity index is 692. The van der Waals surface area contributed by atoms with Gasteiger partial charge in [-0.05, 0) is 32.1 Å². The van der Waals surface area contributed by atoms with Crippen LogP contribution in [0.15, 0.2) is 0 Å². The summed E-state index contributed by atoms with van der Waals surface area (Å²) in [5, 5.41) is 2.88. The minimum Gasteiger partial charge on any atom is -0.352 e. The van der Waals surface area contributed by atoms with Gasteiger partial charge in [-0.1, -0.05) is 0 Å². The lowest BCUT2D eigenvalue weighted by atomic mass is 9.80. The van der Waals surface area contributed by atoms with E-state index in [0.29, 0.717) is 58.3 Å². The van der Waals surface area contributed by atoms with Gasteiger partial charge in [-0.25, -0.2) is 8.42 Å². The van der Waals surface area contributed by atoms with E-state index in [1.54, 1.807) is 11.8 Å². The molecule has 0 spiro atoms. The van der Waals surface area contributed by atoms with Crippen molar-refractivity contribution >= 4 is 27.6 Å². The summed E-state index contributed by atoms with van der Waals surface area (Å²) < 4.78 is 23.0. The quantitative estimate of drug-likeness (QED) is 0.707. The Balaban J connectivity index is 1.42. The Morgan fingerprint density at radius 3 is 1.93 bits per heavy atom. The lowest BCUT2D eigenvalue weighted by Gasteiger charge is -2.37. The highest BCUT2D eigenvalue weighted by Gasteiger charge is 2.35. The third kappa shape index (κ3) is 5.00. The largest absolute Gasteiger partial charge is 0.352 e. The number of amides is 3. The molecular weight excluding hydrogens is 370 g/mol. The van der Waals surface area contributed by atoms with Crippen molar-refractivity contribution in [3.63, 3.8) is 0 Å². The zero-order chi connectivity index (χ0) is 19.6. The van der Waals surface area contributed by atoms with E-state index in [1.807, 2.05) is 4.90 Å². The van der Waals surface area contributed by atoms with Crippen molar-refractivity contribution in [2.45, 2.75) is 45.1 Å². The second kappa shape index (κ2) is 8.16. The summed E-state index contributed by atoms with van der Waals surface area (Å²) in [6.07, 6.45) is 3.19. The minimum absolute atomic E-state index is 0.0405. The highest BCUT2D eigenvalue weighted by molar-refractivity contribution is 7.91. The summed E-state index contributed by atoms with van der Waals surface area (Å²) in [7, 11) is -3.00. The smallest absolute Gasteiger partial charge is 0.225 e. The monoisotopic (exact) mass is 399 g/mol. The van der Waals surface area contributed by atoms with Gasteiger partial charge in [0.05, 0.1) is 11.5 Å². The van der Waals surface area contributed by atoms with Crippen LogP contribution in [0.2, 0.25) is 0 Å². The standard InChI is InChI=1S/C18H29N3O5S/c1-13(22)20-7-9-21(10-8-20)18(24)15-4-2-14(3-5-15)17(23)19-16-6-11-27(25,26)12-16/h14-16H,2-12H2,1H3,(H,19,23). The fraction of sp³-hybridized carbons (Fsp3) is 0.833. The molecule has 27 heavy (non-hydrogen) atoms. The second-order valence-corrected chi connectivity index (χ2v) is 10.2. The maximum Gasteiger partial charge on any atom is 0.225 e. The van der Waals surface area contributed by atoms with Crippen LogP contribution in [0.4, 0.5) is 0 Å². The highest BCUT2D eigenvalue weighted by Crippen LogP contribution is 2.31. The van der Waals surface area contributed by atoms with Crippen molar-refractivity contribution in [3.8, 4) is 0 Å². The number of hydrogen-bond acceptors (Lipinski definition) is 5. The lowest BCUT2D eigenvalue weighted by molar-refractivity contribution is -0.143. The van der Waals surface area contributed by atoms with Crippen molar-refractivity contribution in [1.29, 1.82) is 0 Å². The van der Waals surface area contributed by atoms with Crippen molar-refractivity contribution in [3.05, 3.63) is 0 Å². The van der Waals surface area contributed by atoms with Crippen LogP contribution >= 0.6 is 0 Å². The van der Waals surface area contributed by atoms with Crippen molar-refractivity contribution < 1.29 is 22.8 Å². The number of hydrogen-bond donors (Lipinski definition) is 1. The van der Waals surface area contributed by atoms with Crippen molar-refractivity contribution in [2.75, 3.05) is 37.7 Å². The number of nitrogens with zero attached hydrogens (tertiary/aromatic N) is 2. The first-order chi connectivity index (χ1) is 12.7. The lowest BCUT2D eigenvalue weighted by Crippen LogP contribution is -2.52. The first-order valence-corrected chi connectivity index (χ1v) is 11.6. The van der Waals surface area contributed by atoms with Gasteiger partial charge in [0.15, 0.2) is 9.84 Å². The molecule has 3 amide bonds. The summed E-state index contributed by atoms with van der Waals surface area (Å²) in [6, 6.07) is -0.264. The third-order valence-electron chi connectivity index (χ3n) is 6.06. The number of piperazine rings is 1. The van der Waals surface area contributed by atoms with E-state index in [0.717, 1.165) is 0 Å². The fourth-order valence-corrected chi connectivity index (χ4v) is 6.00. The van der Waals surface area contributed by atoms with Crippen LogP contribution in [-0.4, -0.2) is 79.7 Å². The average Bonchev–Trinajstić information content (AvgIpc) is 2.99. The van der Waals surface area contributed by atoms with Crippen LogP contribution < -0.4 is 5.32 Å². The van der Waals surface area contributed by atoms with Crippen LogP contribution in [0.3, 0.4) is 0 Å². The van der Waals surface area contributed by atoms with Gasteiger partial charge < -0.3 is 15.1 Å². The molecule has 9 heteroatoms. The van der Waals surface area contributed by atoms with Gasteiger partial charge in [0.1, 0.15) is 0 Å². The molecule has 2 aliphatic heterocycles. The molecule has 3 fully saturated rings. The molecule has 3 rings (SSSR count). The summed E-state index contributed by atoms with van der Waals surface area (Å²) in [6.45, 7) is 3.88. The van der Waals surface area contributed by atoms with Crippen LogP contribution in [-0.2, 0) is 24.2 Å². The molecule has 3 aliphatic rings. The molecular formula is C18H29N3O5S. The van der Waals surface area contributed by atoms with E-state index in [-0.39, 0.29) is 47.1 Å². The predicted molar refractivity (Wildman–Crippen MR) is 99.5 cm³/mol.